The number of carbonyl (C=O) groups is 1. The number of hydrogen-bond donors (Lipinski definition) is 1. The molecule has 0 atom stereocenters. The molecule has 0 bridgehead atoms. The number of nitrogens with zero attached hydrogens (tertiary/aromatic N) is 1. The molecule has 2 aromatic rings. The summed E-state index contributed by atoms with van der Waals surface area (Å²) in [5.74, 6) is -0.0635. The Morgan fingerprint density at radius 3 is 2.68 bits per heavy atom. The molecule has 0 saturated heterocycles. The van der Waals surface area contributed by atoms with Gasteiger partial charge in [0, 0.05) is 29.7 Å². The third-order valence-corrected chi connectivity index (χ3v) is 4.34. The fourth-order valence-corrected chi connectivity index (χ4v) is 2.97. The Balaban J connectivity index is 2.26. The summed E-state index contributed by atoms with van der Waals surface area (Å²) < 4.78 is 7.43. The van der Waals surface area contributed by atoms with Crippen LogP contribution in [0.25, 0.3) is 10.9 Å². The molecule has 1 heterocycles. The van der Waals surface area contributed by atoms with Crippen molar-refractivity contribution in [2.45, 2.75) is 24.7 Å². The van der Waals surface area contributed by atoms with Crippen LogP contribution in [-0.2, 0) is 17.3 Å². The maximum Gasteiger partial charge on any atom is 0.314 e. The van der Waals surface area contributed by atoms with E-state index in [0.29, 0.717) is 18.6 Å². The minimum atomic E-state index is -0.760. The van der Waals surface area contributed by atoms with Gasteiger partial charge in [-0.05, 0) is 31.0 Å². The molecule has 0 radical (unpaired) electrons. The SMILES string of the molecule is COc1cc2ccn(C)c2cc1C1(C(=O)O)CCC1. The molecule has 0 aliphatic heterocycles. The standard InChI is InChI=1S/C15H17NO3/c1-16-7-4-10-8-13(19-2)11(9-12(10)16)15(14(17)18)5-3-6-15/h4,7-9H,3,5-6H2,1-2H3,(H,17,18). The first kappa shape index (κ1) is 12.1. The topological polar surface area (TPSA) is 51.5 Å². The summed E-state index contributed by atoms with van der Waals surface area (Å²) in [6.07, 6.45) is 4.31. The van der Waals surface area contributed by atoms with Gasteiger partial charge in [-0.3, -0.25) is 4.79 Å². The number of benzene rings is 1. The third-order valence-electron chi connectivity index (χ3n) is 4.34. The van der Waals surface area contributed by atoms with Crippen LogP contribution in [0, 0.1) is 0 Å². The molecule has 0 unspecified atom stereocenters. The minimum Gasteiger partial charge on any atom is -0.496 e. The van der Waals surface area contributed by atoms with Gasteiger partial charge in [0.05, 0.1) is 12.5 Å². The van der Waals surface area contributed by atoms with Gasteiger partial charge in [-0.25, -0.2) is 0 Å². The number of carboxylic acid groups (broad SMARTS) is 1. The highest BCUT2D eigenvalue weighted by molar-refractivity contribution is 5.89. The van der Waals surface area contributed by atoms with E-state index in [1.54, 1.807) is 7.11 Å². The number of aromatic nitrogens is 1. The summed E-state index contributed by atoms with van der Waals surface area (Å²) in [7, 11) is 3.56. The smallest absolute Gasteiger partial charge is 0.314 e. The Bertz CT molecular complexity index is 653. The molecule has 1 aliphatic rings. The van der Waals surface area contributed by atoms with Crippen molar-refractivity contribution in [1.29, 1.82) is 0 Å². The van der Waals surface area contributed by atoms with Crippen molar-refractivity contribution in [3.63, 3.8) is 0 Å². The predicted octanol–water partition coefficient (Wildman–Crippen LogP) is 2.69. The maximum atomic E-state index is 11.7. The van der Waals surface area contributed by atoms with Crippen molar-refractivity contribution in [3.8, 4) is 5.75 Å². The van der Waals surface area contributed by atoms with Gasteiger partial charge >= 0.3 is 5.97 Å². The van der Waals surface area contributed by atoms with E-state index in [9.17, 15) is 9.90 Å². The lowest BCUT2D eigenvalue weighted by molar-refractivity contribution is -0.147. The number of aryl methyl sites for hydroxylation is 1. The van der Waals surface area contributed by atoms with Crippen LogP contribution in [0.3, 0.4) is 0 Å². The molecule has 4 heteroatoms. The van der Waals surface area contributed by atoms with Crippen molar-refractivity contribution in [2.24, 2.45) is 7.05 Å². The van der Waals surface area contributed by atoms with Crippen LogP contribution in [0.1, 0.15) is 24.8 Å². The Hall–Kier alpha value is -1.97. The second kappa shape index (κ2) is 4.02. The fourth-order valence-electron chi connectivity index (χ4n) is 2.97. The summed E-state index contributed by atoms with van der Waals surface area (Å²) in [4.78, 5) is 11.7. The van der Waals surface area contributed by atoms with Gasteiger partial charge in [-0.1, -0.05) is 6.42 Å². The van der Waals surface area contributed by atoms with Crippen LogP contribution >= 0.6 is 0 Å². The van der Waals surface area contributed by atoms with E-state index in [-0.39, 0.29) is 0 Å². The summed E-state index contributed by atoms with van der Waals surface area (Å²) >= 11 is 0. The normalized spacial score (nSPS) is 17.2. The maximum absolute atomic E-state index is 11.7. The lowest BCUT2D eigenvalue weighted by Gasteiger charge is -2.38. The highest BCUT2D eigenvalue weighted by atomic mass is 16.5. The van der Waals surface area contributed by atoms with Crippen LogP contribution < -0.4 is 4.74 Å². The molecule has 1 aromatic carbocycles. The number of hydrogen-bond acceptors (Lipinski definition) is 2. The summed E-state index contributed by atoms with van der Waals surface area (Å²) in [6.45, 7) is 0. The number of aliphatic carboxylic acids is 1. The largest absolute Gasteiger partial charge is 0.496 e. The summed E-state index contributed by atoms with van der Waals surface area (Å²) in [5, 5.41) is 10.7. The Morgan fingerprint density at radius 2 is 2.16 bits per heavy atom. The molecule has 1 aromatic heterocycles. The summed E-state index contributed by atoms with van der Waals surface area (Å²) in [5.41, 5.74) is 1.09. The van der Waals surface area contributed by atoms with Gasteiger partial charge in [0.2, 0.25) is 0 Å². The van der Waals surface area contributed by atoms with Crippen LogP contribution in [0.4, 0.5) is 0 Å². The van der Waals surface area contributed by atoms with Crippen LogP contribution in [-0.4, -0.2) is 22.8 Å². The number of methoxy groups -OCH3 is 1. The van der Waals surface area contributed by atoms with Crippen molar-refractivity contribution >= 4 is 16.9 Å². The van der Waals surface area contributed by atoms with Gasteiger partial charge in [0.25, 0.3) is 0 Å². The molecule has 1 N–H and O–H groups in total. The van der Waals surface area contributed by atoms with Crippen molar-refractivity contribution in [2.75, 3.05) is 7.11 Å². The number of rotatable bonds is 3. The zero-order valence-electron chi connectivity index (χ0n) is 11.1. The quantitative estimate of drug-likeness (QED) is 0.922. The molecular formula is C15H17NO3. The second-order valence-corrected chi connectivity index (χ2v) is 5.28. The molecule has 100 valence electrons. The fraction of sp³-hybridized carbons (Fsp3) is 0.400. The number of fused-ring (bicyclic) bond motifs is 1. The van der Waals surface area contributed by atoms with E-state index in [1.165, 1.54) is 0 Å². The van der Waals surface area contributed by atoms with Crippen LogP contribution in [0.2, 0.25) is 0 Å². The van der Waals surface area contributed by atoms with Gasteiger partial charge < -0.3 is 14.4 Å². The molecule has 1 saturated carbocycles. The lowest BCUT2D eigenvalue weighted by Crippen LogP contribution is -2.42. The van der Waals surface area contributed by atoms with Gasteiger partial charge in [0.15, 0.2) is 0 Å². The molecular weight excluding hydrogens is 242 g/mol. The van der Waals surface area contributed by atoms with E-state index in [2.05, 4.69) is 0 Å². The zero-order chi connectivity index (χ0) is 13.6. The van der Waals surface area contributed by atoms with E-state index in [0.717, 1.165) is 22.9 Å². The van der Waals surface area contributed by atoms with Crippen LogP contribution in [0.15, 0.2) is 24.4 Å². The molecule has 1 aliphatic carbocycles. The van der Waals surface area contributed by atoms with E-state index < -0.39 is 11.4 Å². The van der Waals surface area contributed by atoms with E-state index in [1.807, 2.05) is 36.0 Å². The second-order valence-electron chi connectivity index (χ2n) is 5.28. The van der Waals surface area contributed by atoms with Crippen LogP contribution in [0.5, 0.6) is 5.75 Å². The van der Waals surface area contributed by atoms with E-state index >= 15 is 0 Å². The summed E-state index contributed by atoms with van der Waals surface area (Å²) in [6, 6.07) is 5.92. The monoisotopic (exact) mass is 259 g/mol. The highest BCUT2D eigenvalue weighted by Gasteiger charge is 2.47. The average molecular weight is 259 g/mol. The molecule has 0 amide bonds. The number of carboxylic acids is 1. The van der Waals surface area contributed by atoms with Crippen molar-refractivity contribution in [3.05, 3.63) is 30.0 Å². The molecule has 19 heavy (non-hydrogen) atoms. The van der Waals surface area contributed by atoms with Crippen molar-refractivity contribution < 1.29 is 14.6 Å². The predicted molar refractivity (Wildman–Crippen MR) is 72.6 cm³/mol. The highest BCUT2D eigenvalue weighted by Crippen LogP contribution is 2.48. The molecule has 4 nitrogen and oxygen atoms in total. The average Bonchev–Trinajstić information content (AvgIpc) is 2.68. The third kappa shape index (κ3) is 1.56. The van der Waals surface area contributed by atoms with Crippen molar-refractivity contribution in [1.82, 2.24) is 4.57 Å². The zero-order valence-corrected chi connectivity index (χ0v) is 11.1. The number of ether oxygens (including phenoxy) is 1. The first-order valence-corrected chi connectivity index (χ1v) is 6.45. The Morgan fingerprint density at radius 1 is 1.42 bits per heavy atom. The van der Waals surface area contributed by atoms with E-state index in [4.69, 9.17) is 4.74 Å². The Kier molecular flexibility index (Phi) is 2.55. The minimum absolute atomic E-state index is 0.681. The van der Waals surface area contributed by atoms with Gasteiger partial charge in [-0.15, -0.1) is 0 Å². The first-order chi connectivity index (χ1) is 9.08. The first-order valence-electron chi connectivity index (χ1n) is 6.45. The van der Waals surface area contributed by atoms with Gasteiger partial charge in [0.1, 0.15) is 5.75 Å². The molecule has 0 spiro atoms. The lowest BCUT2D eigenvalue weighted by atomic mass is 9.64. The Labute approximate surface area is 111 Å². The van der Waals surface area contributed by atoms with Gasteiger partial charge in [-0.2, -0.15) is 0 Å². The molecule has 1 fully saturated rings. The molecule has 3 rings (SSSR count).